The molecule has 0 fully saturated rings. The van der Waals surface area contributed by atoms with Gasteiger partial charge in [-0.3, -0.25) is 9.69 Å². The lowest BCUT2D eigenvalue weighted by Gasteiger charge is -2.34. The van der Waals surface area contributed by atoms with Gasteiger partial charge < -0.3 is 20.8 Å². The van der Waals surface area contributed by atoms with Crippen LogP contribution in [0.3, 0.4) is 0 Å². The summed E-state index contributed by atoms with van der Waals surface area (Å²) >= 11 is 0. The average Bonchev–Trinajstić information content (AvgIpc) is 2.75. The molecule has 0 saturated carbocycles. The largest absolute Gasteiger partial charge is 0.465 e. The van der Waals surface area contributed by atoms with Crippen molar-refractivity contribution in [2.24, 2.45) is 0 Å². The van der Waals surface area contributed by atoms with Crippen molar-refractivity contribution in [1.29, 1.82) is 0 Å². The first-order valence-corrected chi connectivity index (χ1v) is 10.9. The maximum atomic E-state index is 13.6. The van der Waals surface area contributed by atoms with Gasteiger partial charge in [-0.2, -0.15) is 0 Å². The monoisotopic (exact) mass is 461 g/mol. The Morgan fingerprint density at radius 2 is 1.85 bits per heavy atom. The summed E-state index contributed by atoms with van der Waals surface area (Å²) in [7, 11) is 0. The number of fused-ring (bicyclic) bond motifs is 1. The number of anilines is 1. The number of carbonyl (C=O) groups excluding carboxylic acids is 1. The van der Waals surface area contributed by atoms with Gasteiger partial charge in [0.25, 0.3) is 0 Å². The Morgan fingerprint density at radius 1 is 1.15 bits per heavy atom. The Bertz CT molecular complexity index is 997. The highest BCUT2D eigenvalue weighted by Crippen LogP contribution is 2.35. The zero-order chi connectivity index (χ0) is 24.1. The number of hydrogen-bond donors (Lipinski definition) is 4. The summed E-state index contributed by atoms with van der Waals surface area (Å²) in [5, 5.41) is 26.3. The highest BCUT2D eigenvalue weighted by Gasteiger charge is 2.30. The lowest BCUT2D eigenvalue weighted by atomic mass is 9.93. The van der Waals surface area contributed by atoms with Crippen LogP contribution in [-0.4, -0.2) is 47.4 Å². The molecular formula is C24H29F2N3O4. The fraction of sp³-hybridized carbons (Fsp3) is 0.417. The fourth-order valence-electron chi connectivity index (χ4n) is 4.23. The van der Waals surface area contributed by atoms with Crippen LogP contribution in [0.2, 0.25) is 0 Å². The van der Waals surface area contributed by atoms with Crippen LogP contribution in [0.15, 0.2) is 36.4 Å². The SMILES string of the molecule is CCc1ccc2c(c1)C(NC[C@@H](O)[C@H](Cc1cc(F)cc(F)c1)NC(C)=O)CCN2C(=O)O. The Kier molecular flexibility index (Phi) is 7.99. The van der Waals surface area contributed by atoms with E-state index in [-0.39, 0.29) is 24.9 Å². The first kappa shape index (κ1) is 24.6. The van der Waals surface area contributed by atoms with Crippen molar-refractivity contribution in [2.45, 2.75) is 51.3 Å². The summed E-state index contributed by atoms with van der Waals surface area (Å²) in [6, 6.07) is 7.81. The van der Waals surface area contributed by atoms with Crippen molar-refractivity contribution in [2.75, 3.05) is 18.0 Å². The molecule has 3 rings (SSSR count). The van der Waals surface area contributed by atoms with E-state index in [0.717, 1.165) is 23.6 Å². The number of halogens is 2. The minimum atomic E-state index is -1.05. The second-order valence-corrected chi connectivity index (χ2v) is 8.29. The van der Waals surface area contributed by atoms with Crippen LogP contribution in [0.4, 0.5) is 19.3 Å². The molecule has 0 radical (unpaired) electrons. The molecule has 0 spiro atoms. The molecule has 0 saturated heterocycles. The maximum absolute atomic E-state index is 13.6. The number of nitrogens with one attached hydrogen (secondary N) is 2. The smallest absolute Gasteiger partial charge is 0.411 e. The molecule has 7 nitrogen and oxygen atoms in total. The highest BCUT2D eigenvalue weighted by atomic mass is 19.1. The molecule has 2 amide bonds. The van der Waals surface area contributed by atoms with Crippen molar-refractivity contribution in [1.82, 2.24) is 10.6 Å². The minimum absolute atomic E-state index is 0.0468. The van der Waals surface area contributed by atoms with Crippen LogP contribution in [0, 0.1) is 11.6 Å². The predicted octanol–water partition coefficient (Wildman–Crippen LogP) is 3.15. The van der Waals surface area contributed by atoms with E-state index in [4.69, 9.17) is 0 Å². The number of aliphatic hydroxyl groups is 1. The van der Waals surface area contributed by atoms with Crippen molar-refractivity contribution in [3.8, 4) is 0 Å². The van der Waals surface area contributed by atoms with Crippen molar-refractivity contribution in [3.63, 3.8) is 0 Å². The molecule has 0 aliphatic carbocycles. The Labute approximate surface area is 191 Å². The normalized spacial score (nSPS) is 17.2. The van der Waals surface area contributed by atoms with Gasteiger partial charge in [0.15, 0.2) is 0 Å². The molecule has 33 heavy (non-hydrogen) atoms. The van der Waals surface area contributed by atoms with Crippen LogP contribution in [-0.2, 0) is 17.6 Å². The standard InChI is InChI=1S/C24H29F2N3O4/c1-3-15-4-5-22-19(10-15)20(6-7-29(22)24(32)33)27-13-23(31)21(28-14(2)30)11-16-8-17(25)12-18(26)9-16/h4-5,8-10,12,20-21,23,27,31H,3,6-7,11,13H2,1-2H3,(H,28,30)(H,32,33)/t20?,21-,23+/m0/s1. The second kappa shape index (κ2) is 10.7. The second-order valence-electron chi connectivity index (χ2n) is 8.29. The number of benzene rings is 2. The third-order valence-corrected chi connectivity index (χ3v) is 5.84. The van der Waals surface area contributed by atoms with Crippen LogP contribution in [0.1, 0.15) is 43.0 Å². The van der Waals surface area contributed by atoms with Gasteiger partial charge in [-0.1, -0.05) is 19.1 Å². The number of rotatable bonds is 8. The number of aryl methyl sites for hydroxylation is 1. The molecule has 0 bridgehead atoms. The van der Waals surface area contributed by atoms with Gasteiger partial charge in [0.2, 0.25) is 5.91 Å². The number of hydrogen-bond acceptors (Lipinski definition) is 4. The summed E-state index contributed by atoms with van der Waals surface area (Å²) in [6.45, 7) is 3.72. The number of aliphatic hydroxyl groups excluding tert-OH is 1. The zero-order valence-corrected chi connectivity index (χ0v) is 18.6. The first-order valence-electron chi connectivity index (χ1n) is 10.9. The minimum Gasteiger partial charge on any atom is -0.465 e. The van der Waals surface area contributed by atoms with Gasteiger partial charge in [-0.15, -0.1) is 0 Å². The summed E-state index contributed by atoms with van der Waals surface area (Å²) in [6.07, 6.45) is -0.711. The summed E-state index contributed by atoms with van der Waals surface area (Å²) in [5.74, 6) is -1.83. The van der Waals surface area contributed by atoms with Crippen LogP contribution >= 0.6 is 0 Å². The Morgan fingerprint density at radius 3 is 2.45 bits per heavy atom. The molecule has 2 aromatic carbocycles. The molecule has 1 unspecified atom stereocenters. The van der Waals surface area contributed by atoms with Crippen LogP contribution < -0.4 is 15.5 Å². The van der Waals surface area contributed by atoms with Gasteiger partial charge in [0.05, 0.1) is 17.8 Å². The molecule has 4 N–H and O–H groups in total. The van der Waals surface area contributed by atoms with Crippen molar-refractivity contribution >= 4 is 17.7 Å². The fourth-order valence-corrected chi connectivity index (χ4v) is 4.23. The molecular weight excluding hydrogens is 432 g/mol. The van der Waals surface area contributed by atoms with E-state index in [1.54, 1.807) is 6.07 Å². The van der Waals surface area contributed by atoms with Gasteiger partial charge in [0, 0.05) is 32.1 Å². The molecule has 3 atom stereocenters. The molecule has 1 aliphatic rings. The molecule has 1 aliphatic heterocycles. The number of nitrogens with zero attached hydrogens (tertiary/aromatic N) is 1. The van der Waals surface area contributed by atoms with E-state index in [0.29, 0.717) is 24.2 Å². The zero-order valence-electron chi connectivity index (χ0n) is 18.6. The Hall–Kier alpha value is -3.04. The first-order chi connectivity index (χ1) is 15.7. The highest BCUT2D eigenvalue weighted by molar-refractivity contribution is 5.88. The average molecular weight is 462 g/mol. The molecule has 2 aromatic rings. The van der Waals surface area contributed by atoms with E-state index in [9.17, 15) is 28.6 Å². The van der Waals surface area contributed by atoms with Crippen LogP contribution in [0.25, 0.3) is 0 Å². The van der Waals surface area contributed by atoms with E-state index in [2.05, 4.69) is 10.6 Å². The van der Waals surface area contributed by atoms with Crippen molar-refractivity contribution in [3.05, 3.63) is 64.7 Å². The summed E-state index contributed by atoms with van der Waals surface area (Å²) in [4.78, 5) is 24.6. The molecule has 0 aromatic heterocycles. The third-order valence-electron chi connectivity index (χ3n) is 5.84. The van der Waals surface area contributed by atoms with Gasteiger partial charge >= 0.3 is 6.09 Å². The van der Waals surface area contributed by atoms with Gasteiger partial charge in [-0.05, 0) is 54.2 Å². The van der Waals surface area contributed by atoms with Gasteiger partial charge in [0.1, 0.15) is 11.6 Å². The lowest BCUT2D eigenvalue weighted by Crippen LogP contribution is -2.49. The van der Waals surface area contributed by atoms with Gasteiger partial charge in [-0.25, -0.2) is 13.6 Å². The van der Waals surface area contributed by atoms with Crippen LogP contribution in [0.5, 0.6) is 0 Å². The lowest BCUT2D eigenvalue weighted by molar-refractivity contribution is -0.120. The number of carboxylic acid groups (broad SMARTS) is 1. The third kappa shape index (κ3) is 6.27. The molecule has 9 heteroatoms. The summed E-state index contributed by atoms with van der Waals surface area (Å²) in [5.41, 5.74) is 2.82. The maximum Gasteiger partial charge on any atom is 0.411 e. The van der Waals surface area contributed by atoms with E-state index >= 15 is 0 Å². The van der Waals surface area contributed by atoms with E-state index in [1.807, 2.05) is 19.1 Å². The van der Waals surface area contributed by atoms with E-state index < -0.39 is 29.9 Å². The number of carbonyl (C=O) groups is 2. The predicted molar refractivity (Wildman–Crippen MR) is 120 cm³/mol. The van der Waals surface area contributed by atoms with E-state index in [1.165, 1.54) is 24.0 Å². The van der Waals surface area contributed by atoms with Crippen molar-refractivity contribution < 1.29 is 28.6 Å². The summed E-state index contributed by atoms with van der Waals surface area (Å²) < 4.78 is 27.2. The number of amides is 2. The Balaban J connectivity index is 1.75. The molecule has 1 heterocycles. The molecule has 178 valence electrons. The topological polar surface area (TPSA) is 102 Å². The quantitative estimate of drug-likeness (QED) is 0.484.